The standard InChI is InChI=1S/C16H24N2/c1-14(15-5-3-2-4-6-15)18-12-9-16(13-18)7-10-17-11-8-16/h2-6,14,17H,7-13H2,1H3. The first-order chi connectivity index (χ1) is 8.79. The van der Waals surface area contributed by atoms with Crippen molar-refractivity contribution in [3.63, 3.8) is 0 Å². The maximum atomic E-state index is 3.49. The molecule has 2 heterocycles. The molecule has 0 radical (unpaired) electrons. The molecule has 1 N–H and O–H groups in total. The molecule has 0 bridgehead atoms. The number of hydrogen-bond acceptors (Lipinski definition) is 2. The first-order valence-electron chi connectivity index (χ1n) is 7.29. The predicted octanol–water partition coefficient (Wildman–Crippen LogP) is 2.82. The van der Waals surface area contributed by atoms with Gasteiger partial charge in [0.05, 0.1) is 0 Å². The van der Waals surface area contributed by atoms with Gasteiger partial charge in [-0.2, -0.15) is 0 Å². The monoisotopic (exact) mass is 244 g/mol. The summed E-state index contributed by atoms with van der Waals surface area (Å²) in [6, 6.07) is 11.5. The minimum Gasteiger partial charge on any atom is -0.317 e. The van der Waals surface area contributed by atoms with Crippen LogP contribution in [-0.2, 0) is 0 Å². The fraction of sp³-hybridized carbons (Fsp3) is 0.625. The van der Waals surface area contributed by atoms with Crippen LogP contribution in [0.5, 0.6) is 0 Å². The lowest BCUT2D eigenvalue weighted by atomic mass is 9.78. The normalized spacial score (nSPS) is 25.4. The van der Waals surface area contributed by atoms with Crippen molar-refractivity contribution in [3.05, 3.63) is 35.9 Å². The van der Waals surface area contributed by atoms with E-state index in [0.29, 0.717) is 11.5 Å². The number of benzene rings is 1. The van der Waals surface area contributed by atoms with Crippen LogP contribution in [0.3, 0.4) is 0 Å². The van der Waals surface area contributed by atoms with E-state index in [1.54, 1.807) is 0 Å². The van der Waals surface area contributed by atoms with Crippen molar-refractivity contribution in [2.45, 2.75) is 32.2 Å². The van der Waals surface area contributed by atoms with E-state index >= 15 is 0 Å². The van der Waals surface area contributed by atoms with Gasteiger partial charge in [-0.3, -0.25) is 4.90 Å². The Morgan fingerprint density at radius 2 is 1.83 bits per heavy atom. The van der Waals surface area contributed by atoms with Crippen LogP contribution < -0.4 is 5.32 Å². The Kier molecular flexibility index (Phi) is 3.40. The van der Waals surface area contributed by atoms with Crippen LogP contribution in [0.2, 0.25) is 0 Å². The molecule has 0 aliphatic carbocycles. The topological polar surface area (TPSA) is 15.3 Å². The average Bonchev–Trinajstić information content (AvgIpc) is 2.83. The molecule has 0 amide bonds. The van der Waals surface area contributed by atoms with Gasteiger partial charge in [-0.15, -0.1) is 0 Å². The number of nitrogens with one attached hydrogen (secondary N) is 1. The van der Waals surface area contributed by atoms with Crippen molar-refractivity contribution in [2.75, 3.05) is 26.2 Å². The molecule has 1 unspecified atom stereocenters. The first-order valence-corrected chi connectivity index (χ1v) is 7.29. The van der Waals surface area contributed by atoms with Crippen molar-refractivity contribution in [2.24, 2.45) is 5.41 Å². The minimum atomic E-state index is 0.570. The van der Waals surface area contributed by atoms with Crippen molar-refractivity contribution in [1.82, 2.24) is 10.2 Å². The lowest BCUT2D eigenvalue weighted by Gasteiger charge is -2.35. The number of nitrogens with zero attached hydrogens (tertiary/aromatic N) is 1. The second-order valence-corrected chi connectivity index (χ2v) is 6.06. The Morgan fingerprint density at radius 3 is 2.56 bits per heavy atom. The second kappa shape index (κ2) is 5.02. The molecule has 0 saturated carbocycles. The van der Waals surface area contributed by atoms with Gasteiger partial charge >= 0.3 is 0 Å². The molecule has 1 atom stereocenters. The fourth-order valence-electron chi connectivity index (χ4n) is 3.61. The number of likely N-dealkylation sites (tertiary alicyclic amines) is 1. The highest BCUT2D eigenvalue weighted by atomic mass is 15.2. The zero-order valence-electron chi connectivity index (χ0n) is 11.4. The summed E-state index contributed by atoms with van der Waals surface area (Å²) in [4.78, 5) is 2.68. The van der Waals surface area contributed by atoms with Gasteiger partial charge in [0.2, 0.25) is 0 Å². The molecule has 2 aliphatic heterocycles. The van der Waals surface area contributed by atoms with E-state index in [2.05, 4.69) is 47.5 Å². The fourth-order valence-corrected chi connectivity index (χ4v) is 3.61. The zero-order valence-corrected chi connectivity index (χ0v) is 11.4. The Balaban J connectivity index is 1.68. The molecule has 0 aromatic heterocycles. The molecular weight excluding hydrogens is 220 g/mol. The van der Waals surface area contributed by atoms with E-state index in [0.717, 1.165) is 0 Å². The third kappa shape index (κ3) is 2.32. The van der Waals surface area contributed by atoms with Crippen molar-refractivity contribution in [1.29, 1.82) is 0 Å². The van der Waals surface area contributed by atoms with Crippen LogP contribution in [-0.4, -0.2) is 31.1 Å². The van der Waals surface area contributed by atoms with Gasteiger partial charge < -0.3 is 5.32 Å². The summed E-state index contributed by atoms with van der Waals surface area (Å²) in [6.07, 6.45) is 4.13. The van der Waals surface area contributed by atoms with Crippen LogP contribution >= 0.6 is 0 Å². The molecule has 2 fully saturated rings. The molecule has 2 aliphatic rings. The highest BCUT2D eigenvalue weighted by molar-refractivity contribution is 5.19. The SMILES string of the molecule is CC(c1ccccc1)N1CCC2(CCNCC2)C1. The first kappa shape index (κ1) is 12.2. The Morgan fingerprint density at radius 1 is 1.11 bits per heavy atom. The second-order valence-electron chi connectivity index (χ2n) is 6.06. The summed E-state index contributed by atoms with van der Waals surface area (Å²) in [6.45, 7) is 7.36. The molecule has 2 saturated heterocycles. The lowest BCUT2D eigenvalue weighted by Crippen LogP contribution is -2.39. The van der Waals surface area contributed by atoms with E-state index < -0.39 is 0 Å². The van der Waals surface area contributed by atoms with Gasteiger partial charge in [0.15, 0.2) is 0 Å². The number of rotatable bonds is 2. The smallest absolute Gasteiger partial charge is 0.0320 e. The molecule has 1 aromatic carbocycles. The van der Waals surface area contributed by atoms with Crippen molar-refractivity contribution in [3.8, 4) is 0 Å². The summed E-state index contributed by atoms with van der Waals surface area (Å²) in [5.74, 6) is 0. The largest absolute Gasteiger partial charge is 0.317 e. The van der Waals surface area contributed by atoms with Crippen LogP contribution in [0, 0.1) is 5.41 Å². The van der Waals surface area contributed by atoms with Gasteiger partial charge in [-0.25, -0.2) is 0 Å². The molecule has 3 rings (SSSR count). The average molecular weight is 244 g/mol. The van der Waals surface area contributed by atoms with E-state index in [1.165, 1.54) is 51.0 Å². The highest BCUT2D eigenvalue weighted by Gasteiger charge is 2.40. The van der Waals surface area contributed by atoms with Gasteiger partial charge in [-0.1, -0.05) is 30.3 Å². The number of piperidine rings is 1. The lowest BCUT2D eigenvalue weighted by molar-refractivity contribution is 0.175. The predicted molar refractivity (Wildman–Crippen MR) is 75.6 cm³/mol. The third-order valence-electron chi connectivity index (χ3n) is 4.96. The van der Waals surface area contributed by atoms with E-state index in [1.807, 2.05) is 0 Å². The Bertz CT molecular complexity index is 381. The summed E-state index contributed by atoms with van der Waals surface area (Å²) in [5.41, 5.74) is 2.08. The molecule has 98 valence electrons. The van der Waals surface area contributed by atoms with Gasteiger partial charge in [0.1, 0.15) is 0 Å². The van der Waals surface area contributed by atoms with Gasteiger partial charge in [0.25, 0.3) is 0 Å². The number of hydrogen-bond donors (Lipinski definition) is 1. The summed E-state index contributed by atoms with van der Waals surface area (Å²) < 4.78 is 0. The van der Waals surface area contributed by atoms with E-state index in [9.17, 15) is 0 Å². The van der Waals surface area contributed by atoms with Crippen molar-refractivity contribution >= 4 is 0 Å². The van der Waals surface area contributed by atoms with Crippen LogP contribution in [0.1, 0.15) is 37.8 Å². The highest BCUT2D eigenvalue weighted by Crippen LogP contribution is 2.41. The summed E-state index contributed by atoms with van der Waals surface area (Å²) in [5, 5.41) is 3.49. The van der Waals surface area contributed by atoms with Crippen LogP contribution in [0.25, 0.3) is 0 Å². The Labute approximate surface area is 110 Å². The van der Waals surface area contributed by atoms with Crippen LogP contribution in [0.15, 0.2) is 30.3 Å². The van der Waals surface area contributed by atoms with Gasteiger partial charge in [0, 0.05) is 12.6 Å². The molecule has 2 nitrogen and oxygen atoms in total. The summed E-state index contributed by atoms with van der Waals surface area (Å²) in [7, 11) is 0. The third-order valence-corrected chi connectivity index (χ3v) is 4.96. The molecule has 2 heteroatoms. The van der Waals surface area contributed by atoms with Crippen LogP contribution in [0.4, 0.5) is 0 Å². The Hall–Kier alpha value is -0.860. The van der Waals surface area contributed by atoms with E-state index in [4.69, 9.17) is 0 Å². The summed E-state index contributed by atoms with van der Waals surface area (Å²) >= 11 is 0. The minimum absolute atomic E-state index is 0.570. The maximum Gasteiger partial charge on any atom is 0.0320 e. The van der Waals surface area contributed by atoms with Gasteiger partial charge in [-0.05, 0) is 56.8 Å². The zero-order chi connectivity index (χ0) is 12.4. The molecule has 1 aromatic rings. The molecule has 18 heavy (non-hydrogen) atoms. The maximum absolute atomic E-state index is 3.49. The molecular formula is C16H24N2. The molecule has 1 spiro atoms. The van der Waals surface area contributed by atoms with Crippen molar-refractivity contribution < 1.29 is 0 Å². The van der Waals surface area contributed by atoms with E-state index in [-0.39, 0.29) is 0 Å². The quantitative estimate of drug-likeness (QED) is 0.860.